The number of nitrogens with zero attached hydrogens (tertiary/aromatic N) is 4. The molecule has 0 aliphatic rings. The van der Waals surface area contributed by atoms with Crippen LogP contribution < -0.4 is 5.32 Å². The molecule has 2 aromatic carbocycles. The van der Waals surface area contributed by atoms with E-state index in [0.29, 0.717) is 22.7 Å². The standard InChI is InChI=1S/C24H23N5O3/c1-15(30)16-6-5-7-17(12-16)22-25-11-10-21(28-22)27-19-8-9-20-18(13-19)14-26-29(20)23(31)32-24(2,3)4/h5-14H,1-4H3,(H,25,27,28). The summed E-state index contributed by atoms with van der Waals surface area (Å²) in [5.41, 5.74) is 2.19. The van der Waals surface area contributed by atoms with E-state index in [1.54, 1.807) is 36.7 Å². The number of carbonyl (C=O) groups excluding carboxylic acids is 2. The lowest BCUT2D eigenvalue weighted by Gasteiger charge is -2.19. The van der Waals surface area contributed by atoms with Crippen molar-refractivity contribution in [3.8, 4) is 11.4 Å². The summed E-state index contributed by atoms with van der Waals surface area (Å²) in [6.07, 6.45) is 2.74. The summed E-state index contributed by atoms with van der Waals surface area (Å²) in [5, 5.41) is 8.20. The van der Waals surface area contributed by atoms with Crippen molar-refractivity contribution in [2.24, 2.45) is 0 Å². The van der Waals surface area contributed by atoms with Crippen LogP contribution in [0.15, 0.2) is 60.9 Å². The lowest BCUT2D eigenvalue weighted by atomic mass is 10.1. The Morgan fingerprint density at radius 1 is 1.06 bits per heavy atom. The minimum Gasteiger partial charge on any atom is -0.442 e. The average Bonchev–Trinajstić information content (AvgIpc) is 3.16. The van der Waals surface area contributed by atoms with Crippen LogP contribution in [0.3, 0.4) is 0 Å². The Morgan fingerprint density at radius 2 is 1.88 bits per heavy atom. The van der Waals surface area contributed by atoms with Crippen molar-refractivity contribution < 1.29 is 14.3 Å². The highest BCUT2D eigenvalue weighted by atomic mass is 16.6. The summed E-state index contributed by atoms with van der Waals surface area (Å²) < 4.78 is 6.65. The first-order valence-corrected chi connectivity index (χ1v) is 10.1. The lowest BCUT2D eigenvalue weighted by Crippen LogP contribution is -2.27. The Morgan fingerprint density at radius 3 is 2.62 bits per heavy atom. The van der Waals surface area contributed by atoms with Crippen molar-refractivity contribution >= 4 is 34.3 Å². The number of rotatable bonds is 4. The largest absolute Gasteiger partial charge is 0.442 e. The summed E-state index contributed by atoms with van der Waals surface area (Å²) in [4.78, 5) is 32.9. The number of aromatic nitrogens is 4. The van der Waals surface area contributed by atoms with Gasteiger partial charge in [-0.05, 0) is 58.0 Å². The molecule has 162 valence electrons. The van der Waals surface area contributed by atoms with E-state index in [1.165, 1.54) is 11.6 Å². The number of carbonyl (C=O) groups is 2. The highest BCUT2D eigenvalue weighted by Crippen LogP contribution is 2.24. The molecule has 0 aliphatic heterocycles. The van der Waals surface area contributed by atoms with Crippen LogP contribution in [0.1, 0.15) is 38.1 Å². The molecule has 0 spiro atoms. The lowest BCUT2D eigenvalue weighted by molar-refractivity contribution is 0.0522. The molecule has 4 rings (SSSR count). The van der Waals surface area contributed by atoms with E-state index in [9.17, 15) is 9.59 Å². The van der Waals surface area contributed by atoms with Crippen molar-refractivity contribution in [3.05, 3.63) is 66.5 Å². The zero-order valence-corrected chi connectivity index (χ0v) is 18.3. The molecular weight excluding hydrogens is 406 g/mol. The van der Waals surface area contributed by atoms with Crippen LogP contribution in [-0.2, 0) is 4.74 Å². The van der Waals surface area contributed by atoms with Gasteiger partial charge < -0.3 is 10.1 Å². The maximum Gasteiger partial charge on any atom is 0.435 e. The SMILES string of the molecule is CC(=O)c1cccc(-c2nccc(Nc3ccc4c(cnn4C(=O)OC(C)(C)C)c3)n2)c1. The molecule has 4 aromatic rings. The number of anilines is 2. The summed E-state index contributed by atoms with van der Waals surface area (Å²) in [6, 6.07) is 14.5. The van der Waals surface area contributed by atoms with Crippen molar-refractivity contribution in [1.29, 1.82) is 0 Å². The Kier molecular flexibility index (Phi) is 5.44. The summed E-state index contributed by atoms with van der Waals surface area (Å²) >= 11 is 0. The third kappa shape index (κ3) is 4.64. The van der Waals surface area contributed by atoms with Crippen LogP contribution in [0.4, 0.5) is 16.3 Å². The highest BCUT2D eigenvalue weighted by molar-refractivity contribution is 5.95. The molecule has 0 saturated carbocycles. The second-order valence-corrected chi connectivity index (χ2v) is 8.34. The van der Waals surface area contributed by atoms with Gasteiger partial charge in [0.2, 0.25) is 0 Å². The third-order valence-electron chi connectivity index (χ3n) is 4.59. The quantitative estimate of drug-likeness (QED) is 0.444. The maximum atomic E-state index is 12.4. The van der Waals surface area contributed by atoms with Crippen LogP contribution >= 0.6 is 0 Å². The fraction of sp³-hybridized carbons (Fsp3) is 0.208. The van der Waals surface area contributed by atoms with E-state index in [-0.39, 0.29) is 5.78 Å². The molecule has 2 aromatic heterocycles. The molecule has 0 atom stereocenters. The number of fused-ring (bicyclic) bond motifs is 1. The Bertz CT molecular complexity index is 1320. The third-order valence-corrected chi connectivity index (χ3v) is 4.59. The van der Waals surface area contributed by atoms with Gasteiger partial charge in [-0.15, -0.1) is 0 Å². The van der Waals surface area contributed by atoms with E-state index in [2.05, 4.69) is 20.4 Å². The van der Waals surface area contributed by atoms with Gasteiger partial charge in [-0.3, -0.25) is 4.79 Å². The van der Waals surface area contributed by atoms with Gasteiger partial charge in [0.15, 0.2) is 11.6 Å². The van der Waals surface area contributed by atoms with Crippen LogP contribution in [0.2, 0.25) is 0 Å². The number of hydrogen-bond donors (Lipinski definition) is 1. The topological polar surface area (TPSA) is 99.0 Å². The van der Waals surface area contributed by atoms with Crippen molar-refractivity contribution in [2.75, 3.05) is 5.32 Å². The molecule has 8 nitrogen and oxygen atoms in total. The fourth-order valence-corrected chi connectivity index (χ4v) is 3.15. The van der Waals surface area contributed by atoms with E-state index in [1.807, 2.05) is 45.0 Å². The monoisotopic (exact) mass is 429 g/mol. The Labute approximate surface area is 185 Å². The molecule has 0 aliphatic carbocycles. The number of nitrogens with one attached hydrogen (secondary N) is 1. The van der Waals surface area contributed by atoms with Gasteiger partial charge in [0.25, 0.3) is 0 Å². The van der Waals surface area contributed by atoms with Gasteiger partial charge >= 0.3 is 6.09 Å². The normalized spacial score (nSPS) is 11.4. The summed E-state index contributed by atoms with van der Waals surface area (Å²) in [5.74, 6) is 1.10. The predicted octanol–water partition coefficient (Wildman–Crippen LogP) is 5.22. The van der Waals surface area contributed by atoms with Crippen LogP contribution in [0.5, 0.6) is 0 Å². The zero-order valence-electron chi connectivity index (χ0n) is 18.3. The van der Waals surface area contributed by atoms with E-state index in [4.69, 9.17) is 4.74 Å². The molecule has 0 radical (unpaired) electrons. The molecular formula is C24H23N5O3. The Hall–Kier alpha value is -4.07. The van der Waals surface area contributed by atoms with Crippen LogP contribution in [0.25, 0.3) is 22.3 Å². The van der Waals surface area contributed by atoms with Crippen LogP contribution in [0, 0.1) is 0 Å². The van der Waals surface area contributed by atoms with Gasteiger partial charge in [-0.1, -0.05) is 18.2 Å². The first kappa shape index (κ1) is 21.2. The number of ketones is 1. The van der Waals surface area contributed by atoms with Gasteiger partial charge in [-0.2, -0.15) is 9.78 Å². The first-order valence-electron chi connectivity index (χ1n) is 10.1. The number of Topliss-reactive ketones (excluding diaryl/α,β-unsaturated/α-hetero) is 1. The predicted molar refractivity (Wildman–Crippen MR) is 122 cm³/mol. The minimum absolute atomic E-state index is 0.0126. The summed E-state index contributed by atoms with van der Waals surface area (Å²) in [7, 11) is 0. The fourth-order valence-electron chi connectivity index (χ4n) is 3.15. The van der Waals surface area contributed by atoms with Gasteiger partial charge in [0.05, 0.1) is 11.7 Å². The molecule has 2 heterocycles. The minimum atomic E-state index is -0.606. The molecule has 0 saturated heterocycles. The molecule has 32 heavy (non-hydrogen) atoms. The number of hydrogen-bond acceptors (Lipinski definition) is 7. The van der Waals surface area contributed by atoms with E-state index in [0.717, 1.165) is 16.6 Å². The maximum absolute atomic E-state index is 12.4. The molecule has 0 bridgehead atoms. The number of ether oxygens (including phenoxy) is 1. The molecule has 0 amide bonds. The summed E-state index contributed by atoms with van der Waals surface area (Å²) in [6.45, 7) is 6.96. The first-order chi connectivity index (χ1) is 15.2. The molecule has 0 fully saturated rings. The second-order valence-electron chi connectivity index (χ2n) is 8.34. The van der Waals surface area contributed by atoms with Gasteiger partial charge in [0.1, 0.15) is 11.4 Å². The molecule has 1 N–H and O–H groups in total. The van der Waals surface area contributed by atoms with E-state index < -0.39 is 11.7 Å². The Balaban J connectivity index is 1.58. The average molecular weight is 429 g/mol. The molecule has 8 heteroatoms. The highest BCUT2D eigenvalue weighted by Gasteiger charge is 2.20. The zero-order chi connectivity index (χ0) is 22.9. The molecule has 0 unspecified atom stereocenters. The van der Waals surface area contributed by atoms with Crippen molar-refractivity contribution in [2.45, 2.75) is 33.3 Å². The van der Waals surface area contributed by atoms with E-state index >= 15 is 0 Å². The smallest absolute Gasteiger partial charge is 0.435 e. The van der Waals surface area contributed by atoms with Crippen molar-refractivity contribution in [1.82, 2.24) is 19.7 Å². The second kappa shape index (κ2) is 8.22. The number of benzene rings is 2. The van der Waals surface area contributed by atoms with Gasteiger partial charge in [-0.25, -0.2) is 14.8 Å². The van der Waals surface area contributed by atoms with Gasteiger partial charge in [0, 0.05) is 28.4 Å². The van der Waals surface area contributed by atoms with Crippen LogP contribution in [-0.4, -0.2) is 37.2 Å². The van der Waals surface area contributed by atoms with Crippen molar-refractivity contribution in [3.63, 3.8) is 0 Å².